The lowest BCUT2D eigenvalue weighted by molar-refractivity contribution is -0.200. The number of hydrogen-bond acceptors (Lipinski definition) is 5. The molecule has 0 spiro atoms. The number of ether oxygens (including phenoxy) is 3. The Hall–Kier alpha value is -3.14. The highest BCUT2D eigenvalue weighted by Gasteiger charge is 2.61. The molecule has 1 atom stereocenters. The zero-order valence-corrected chi connectivity index (χ0v) is 19.8. The first-order chi connectivity index (χ1) is 16.0. The first-order valence-electron chi connectivity index (χ1n) is 10.3. The molecule has 3 rings (SSSR count). The summed E-state index contributed by atoms with van der Waals surface area (Å²) in [5, 5.41) is 2.10. The number of rotatable bonds is 8. The van der Waals surface area contributed by atoms with Crippen molar-refractivity contribution in [2.75, 3.05) is 26.2 Å². The van der Waals surface area contributed by atoms with Gasteiger partial charge < -0.3 is 19.5 Å². The molecule has 0 saturated heterocycles. The second-order valence-electron chi connectivity index (χ2n) is 7.66. The van der Waals surface area contributed by atoms with Gasteiger partial charge in [-0.15, -0.1) is 0 Å². The number of carbonyl (C=O) groups is 2. The number of hydrogen-bond donors (Lipinski definition) is 1. The van der Waals surface area contributed by atoms with Crippen LogP contribution in [-0.2, 0) is 16.9 Å². The van der Waals surface area contributed by atoms with Crippen molar-refractivity contribution in [1.82, 2.24) is 5.32 Å². The van der Waals surface area contributed by atoms with E-state index >= 15 is 0 Å². The highest BCUT2D eigenvalue weighted by molar-refractivity contribution is 6.30. The Morgan fingerprint density at radius 1 is 1.09 bits per heavy atom. The first-order valence-corrected chi connectivity index (χ1v) is 10.7. The van der Waals surface area contributed by atoms with Gasteiger partial charge in [0.25, 0.3) is 0 Å². The van der Waals surface area contributed by atoms with Gasteiger partial charge >= 0.3 is 12.2 Å². The van der Waals surface area contributed by atoms with Crippen molar-refractivity contribution in [2.24, 2.45) is 0 Å². The number of alkyl halides is 3. The fourth-order valence-electron chi connectivity index (χ4n) is 3.94. The van der Waals surface area contributed by atoms with Crippen molar-refractivity contribution in [2.45, 2.75) is 38.0 Å². The third-order valence-electron chi connectivity index (χ3n) is 5.75. The molecule has 2 aromatic rings. The zero-order valence-electron chi connectivity index (χ0n) is 19.0. The number of amides is 2. The molecular formula is C23H24ClF3N2O5. The van der Waals surface area contributed by atoms with Crippen molar-refractivity contribution in [3.05, 3.63) is 46.5 Å². The van der Waals surface area contributed by atoms with Crippen LogP contribution in [0.1, 0.15) is 30.9 Å². The van der Waals surface area contributed by atoms with Crippen LogP contribution in [0.3, 0.4) is 0 Å². The minimum absolute atomic E-state index is 0.0331. The maximum Gasteiger partial charge on any atom is 0.416 e. The van der Waals surface area contributed by atoms with Gasteiger partial charge in [0.05, 0.1) is 39.1 Å². The smallest absolute Gasteiger partial charge is 0.416 e. The third-order valence-corrected chi connectivity index (χ3v) is 5.98. The highest BCUT2D eigenvalue weighted by atomic mass is 35.5. The molecule has 2 aromatic carbocycles. The molecule has 184 valence electrons. The van der Waals surface area contributed by atoms with Crippen molar-refractivity contribution in [3.63, 3.8) is 0 Å². The Labute approximate surface area is 199 Å². The minimum Gasteiger partial charge on any atom is -0.496 e. The van der Waals surface area contributed by atoms with E-state index in [1.54, 1.807) is 12.1 Å². The monoisotopic (exact) mass is 500 g/mol. The minimum atomic E-state index is -4.96. The number of urea groups is 1. The Bertz CT molecular complexity index is 1080. The molecule has 0 aliphatic carbocycles. The average Bonchev–Trinajstić information content (AvgIpc) is 2.80. The number of carbonyl (C=O) groups excluding carboxylic acids is 2. The maximum atomic E-state index is 14.5. The van der Waals surface area contributed by atoms with E-state index in [-0.39, 0.29) is 29.2 Å². The molecule has 1 heterocycles. The summed E-state index contributed by atoms with van der Waals surface area (Å²) in [6.45, 7) is 1.27. The van der Waals surface area contributed by atoms with Crippen LogP contribution in [0, 0.1) is 0 Å². The van der Waals surface area contributed by atoms with E-state index in [1.165, 1.54) is 40.4 Å². The van der Waals surface area contributed by atoms with E-state index in [0.29, 0.717) is 22.8 Å². The lowest BCUT2D eigenvalue weighted by Gasteiger charge is -2.44. The summed E-state index contributed by atoms with van der Waals surface area (Å²) in [6, 6.07) is 5.95. The van der Waals surface area contributed by atoms with Gasteiger partial charge in [0.15, 0.2) is 5.54 Å². The number of ketones is 1. The predicted molar refractivity (Wildman–Crippen MR) is 120 cm³/mol. The molecular weight excluding hydrogens is 477 g/mol. The van der Waals surface area contributed by atoms with E-state index in [9.17, 15) is 22.8 Å². The Morgan fingerprint density at radius 2 is 1.71 bits per heavy atom. The molecule has 1 aliphatic rings. The summed E-state index contributed by atoms with van der Waals surface area (Å²) in [6.07, 6.45) is -6.03. The molecule has 11 heteroatoms. The van der Waals surface area contributed by atoms with Crippen LogP contribution in [-0.4, -0.2) is 39.3 Å². The molecule has 0 fully saturated rings. The van der Waals surface area contributed by atoms with Crippen LogP contribution < -0.4 is 24.4 Å². The lowest BCUT2D eigenvalue weighted by atomic mass is 9.81. The average molecular weight is 501 g/mol. The Balaban J connectivity index is 2.20. The molecule has 2 amide bonds. The van der Waals surface area contributed by atoms with Gasteiger partial charge in [0, 0.05) is 35.6 Å². The van der Waals surface area contributed by atoms with Crippen LogP contribution in [0.2, 0.25) is 5.02 Å². The number of anilines is 1. The number of Topliss-reactive ketones (excluding diaryl/α,β-unsaturated/α-hetero) is 1. The summed E-state index contributed by atoms with van der Waals surface area (Å²) < 4.78 is 59.5. The largest absolute Gasteiger partial charge is 0.496 e. The predicted octanol–water partition coefficient (Wildman–Crippen LogP) is 5.22. The maximum absolute atomic E-state index is 14.5. The third kappa shape index (κ3) is 4.46. The molecule has 1 aliphatic heterocycles. The summed E-state index contributed by atoms with van der Waals surface area (Å²) in [5.41, 5.74) is -2.86. The molecule has 0 aromatic heterocycles. The van der Waals surface area contributed by atoms with Crippen LogP contribution in [0.4, 0.5) is 23.7 Å². The quantitative estimate of drug-likeness (QED) is 0.537. The van der Waals surface area contributed by atoms with Gasteiger partial charge in [-0.3, -0.25) is 9.69 Å². The van der Waals surface area contributed by atoms with Crippen molar-refractivity contribution in [3.8, 4) is 17.2 Å². The summed E-state index contributed by atoms with van der Waals surface area (Å²) in [7, 11) is 4.28. The fourth-order valence-corrected chi connectivity index (χ4v) is 4.12. The van der Waals surface area contributed by atoms with E-state index < -0.39 is 30.0 Å². The van der Waals surface area contributed by atoms with Crippen LogP contribution in [0.5, 0.6) is 17.2 Å². The zero-order chi connectivity index (χ0) is 25.3. The second-order valence-corrected chi connectivity index (χ2v) is 8.10. The van der Waals surface area contributed by atoms with E-state index in [0.717, 1.165) is 11.0 Å². The first kappa shape index (κ1) is 25.5. The summed E-state index contributed by atoms with van der Waals surface area (Å²) in [4.78, 5) is 26.5. The van der Waals surface area contributed by atoms with Crippen LogP contribution >= 0.6 is 11.6 Å². The molecule has 0 radical (unpaired) electrons. The highest BCUT2D eigenvalue weighted by Crippen LogP contribution is 2.49. The van der Waals surface area contributed by atoms with Gasteiger partial charge in [0.2, 0.25) is 0 Å². The number of nitrogens with zero attached hydrogens (tertiary/aromatic N) is 1. The van der Waals surface area contributed by atoms with Gasteiger partial charge in [0.1, 0.15) is 23.0 Å². The molecule has 0 bridgehead atoms. The van der Waals surface area contributed by atoms with Crippen LogP contribution in [0.15, 0.2) is 30.3 Å². The molecule has 1 unspecified atom stereocenters. The fraction of sp³-hybridized carbons (Fsp3) is 0.391. The molecule has 7 nitrogen and oxygen atoms in total. The van der Waals surface area contributed by atoms with Crippen molar-refractivity contribution < 1.29 is 37.0 Å². The van der Waals surface area contributed by atoms with Crippen molar-refractivity contribution >= 4 is 29.1 Å². The van der Waals surface area contributed by atoms with Gasteiger partial charge in [-0.1, -0.05) is 18.5 Å². The Morgan fingerprint density at radius 3 is 2.21 bits per heavy atom. The molecule has 1 N–H and O–H groups in total. The van der Waals surface area contributed by atoms with Crippen LogP contribution in [0.25, 0.3) is 0 Å². The molecule has 34 heavy (non-hydrogen) atoms. The number of halogens is 4. The standard InChI is InChI=1S/C23H24ClF3N2O5/c1-5-14(30)11-22(23(25,26)27)17-8-13(24)6-7-18(17)29(21(31)28-22)12-16-19(33-3)9-15(32-2)10-20(16)34-4/h6-10H,5,11-12H2,1-4H3,(H,28,31). The molecule has 0 saturated carbocycles. The summed E-state index contributed by atoms with van der Waals surface area (Å²) in [5.74, 6) is 0.402. The van der Waals surface area contributed by atoms with E-state index in [1.807, 2.05) is 0 Å². The summed E-state index contributed by atoms with van der Waals surface area (Å²) >= 11 is 6.06. The van der Waals surface area contributed by atoms with Gasteiger partial charge in [-0.2, -0.15) is 13.2 Å². The van der Waals surface area contributed by atoms with E-state index in [4.69, 9.17) is 25.8 Å². The normalized spacial score (nSPS) is 17.6. The lowest BCUT2D eigenvalue weighted by Crippen LogP contribution is -2.63. The van der Waals surface area contributed by atoms with E-state index in [2.05, 4.69) is 5.32 Å². The second kappa shape index (κ2) is 9.61. The van der Waals surface area contributed by atoms with Gasteiger partial charge in [-0.25, -0.2) is 4.79 Å². The van der Waals surface area contributed by atoms with Crippen molar-refractivity contribution in [1.29, 1.82) is 0 Å². The number of methoxy groups -OCH3 is 3. The number of benzene rings is 2. The number of fused-ring (bicyclic) bond motifs is 1. The SMILES string of the molecule is CCC(=O)CC1(C(F)(F)F)NC(=O)N(Cc2c(OC)cc(OC)cc2OC)c2ccc(Cl)cc21. The van der Waals surface area contributed by atoms with Gasteiger partial charge in [-0.05, 0) is 18.2 Å². The topological polar surface area (TPSA) is 77.1 Å². The number of nitrogens with one attached hydrogen (secondary N) is 1. The Kier molecular flexibility index (Phi) is 7.21.